The lowest BCUT2D eigenvalue weighted by atomic mass is 10.2. The van der Waals surface area contributed by atoms with E-state index in [0.717, 1.165) is 42.7 Å². The SMILES string of the molecule is O=C(c1ccc(=O)n(-c2ccc(F)cc2)n1)N(CCN1CCCC1)Cc1ccc(Cl)c(Cl)c1. The van der Waals surface area contributed by atoms with E-state index in [1.807, 2.05) is 6.07 Å². The lowest BCUT2D eigenvalue weighted by Gasteiger charge is -2.25. The molecule has 0 aliphatic carbocycles. The van der Waals surface area contributed by atoms with Gasteiger partial charge in [-0.1, -0.05) is 29.3 Å². The van der Waals surface area contributed by atoms with Crippen molar-refractivity contribution in [3.05, 3.63) is 92.1 Å². The van der Waals surface area contributed by atoms with Crippen molar-refractivity contribution < 1.29 is 9.18 Å². The highest BCUT2D eigenvalue weighted by Gasteiger charge is 2.21. The number of aromatic nitrogens is 2. The molecule has 2 aromatic carbocycles. The van der Waals surface area contributed by atoms with Crippen LogP contribution >= 0.6 is 23.2 Å². The maximum atomic E-state index is 13.5. The van der Waals surface area contributed by atoms with E-state index in [0.29, 0.717) is 28.8 Å². The van der Waals surface area contributed by atoms with Crippen LogP contribution in [0.2, 0.25) is 10.0 Å². The molecule has 1 aliphatic rings. The van der Waals surface area contributed by atoms with Gasteiger partial charge in [-0.15, -0.1) is 0 Å². The van der Waals surface area contributed by atoms with Crippen molar-refractivity contribution in [1.82, 2.24) is 19.6 Å². The van der Waals surface area contributed by atoms with Crippen LogP contribution in [0.5, 0.6) is 0 Å². The van der Waals surface area contributed by atoms with Crippen molar-refractivity contribution in [2.24, 2.45) is 0 Å². The molecule has 2 heterocycles. The van der Waals surface area contributed by atoms with Gasteiger partial charge in [0.25, 0.3) is 11.5 Å². The van der Waals surface area contributed by atoms with Gasteiger partial charge >= 0.3 is 0 Å². The third-order valence-corrected chi connectivity index (χ3v) is 6.36. The molecule has 0 N–H and O–H groups in total. The average Bonchev–Trinajstić information content (AvgIpc) is 3.33. The molecule has 6 nitrogen and oxygen atoms in total. The molecule has 1 amide bonds. The molecule has 1 aliphatic heterocycles. The summed E-state index contributed by atoms with van der Waals surface area (Å²) in [6.07, 6.45) is 2.32. The maximum Gasteiger partial charge on any atom is 0.274 e. The highest BCUT2D eigenvalue weighted by Crippen LogP contribution is 2.23. The molecular formula is C24H23Cl2FN4O2. The second-order valence-corrected chi connectivity index (χ2v) is 8.78. The molecule has 0 bridgehead atoms. The largest absolute Gasteiger partial charge is 0.332 e. The number of hydrogen-bond donors (Lipinski definition) is 0. The Kier molecular flexibility index (Phi) is 7.42. The first-order valence-corrected chi connectivity index (χ1v) is 11.5. The summed E-state index contributed by atoms with van der Waals surface area (Å²) in [4.78, 5) is 29.8. The summed E-state index contributed by atoms with van der Waals surface area (Å²) in [5.41, 5.74) is 0.932. The smallest absolute Gasteiger partial charge is 0.274 e. The first-order valence-electron chi connectivity index (χ1n) is 10.7. The van der Waals surface area contributed by atoms with E-state index in [1.54, 1.807) is 17.0 Å². The number of hydrogen-bond acceptors (Lipinski definition) is 4. The van der Waals surface area contributed by atoms with Crippen LogP contribution in [0.1, 0.15) is 28.9 Å². The van der Waals surface area contributed by atoms with Gasteiger partial charge in [0.15, 0.2) is 0 Å². The Morgan fingerprint density at radius 1 is 1.00 bits per heavy atom. The topological polar surface area (TPSA) is 58.4 Å². The molecule has 0 unspecified atom stereocenters. The predicted molar refractivity (Wildman–Crippen MR) is 127 cm³/mol. The van der Waals surface area contributed by atoms with Crippen LogP contribution in [-0.2, 0) is 6.54 Å². The van der Waals surface area contributed by atoms with Gasteiger partial charge in [-0.2, -0.15) is 9.78 Å². The molecule has 0 spiro atoms. The Labute approximate surface area is 201 Å². The number of carbonyl (C=O) groups excluding carboxylic acids is 1. The number of amides is 1. The van der Waals surface area contributed by atoms with E-state index in [2.05, 4.69) is 10.00 Å². The summed E-state index contributed by atoms with van der Waals surface area (Å²) in [7, 11) is 0. The molecule has 9 heteroatoms. The van der Waals surface area contributed by atoms with Crippen LogP contribution < -0.4 is 5.56 Å². The molecule has 1 fully saturated rings. The number of carbonyl (C=O) groups is 1. The second kappa shape index (κ2) is 10.5. The maximum absolute atomic E-state index is 13.5. The van der Waals surface area contributed by atoms with E-state index in [4.69, 9.17) is 23.2 Å². The molecule has 0 saturated carbocycles. The fourth-order valence-electron chi connectivity index (χ4n) is 3.83. The third kappa shape index (κ3) is 5.79. The van der Waals surface area contributed by atoms with E-state index < -0.39 is 11.4 Å². The summed E-state index contributed by atoms with van der Waals surface area (Å²) >= 11 is 12.2. The van der Waals surface area contributed by atoms with Crippen LogP contribution in [-0.4, -0.2) is 51.7 Å². The number of likely N-dealkylation sites (tertiary alicyclic amines) is 1. The predicted octanol–water partition coefficient (Wildman–Crippen LogP) is 4.42. The van der Waals surface area contributed by atoms with Crippen molar-refractivity contribution >= 4 is 29.1 Å². The van der Waals surface area contributed by atoms with Crippen molar-refractivity contribution in [2.45, 2.75) is 19.4 Å². The molecule has 33 heavy (non-hydrogen) atoms. The molecule has 1 saturated heterocycles. The molecular weight excluding hydrogens is 466 g/mol. The van der Waals surface area contributed by atoms with Crippen LogP contribution in [0.15, 0.2) is 59.4 Å². The Bertz CT molecular complexity index is 1190. The molecule has 1 aromatic heterocycles. The summed E-state index contributed by atoms with van der Waals surface area (Å²) in [5.74, 6) is -0.732. The van der Waals surface area contributed by atoms with Crippen molar-refractivity contribution in [1.29, 1.82) is 0 Å². The number of rotatable bonds is 7. The van der Waals surface area contributed by atoms with Gasteiger partial charge in [-0.25, -0.2) is 4.39 Å². The standard InChI is InChI=1S/C24H23Cl2FN4O2/c25-20-8-3-17(15-21(20)26)16-30(14-13-29-11-1-2-12-29)24(33)22-9-10-23(32)31(28-22)19-6-4-18(27)5-7-19/h3-10,15H,1-2,11-14,16H2. The van der Waals surface area contributed by atoms with E-state index in [1.165, 1.54) is 36.4 Å². The monoisotopic (exact) mass is 488 g/mol. The van der Waals surface area contributed by atoms with Gasteiger partial charge < -0.3 is 9.80 Å². The van der Waals surface area contributed by atoms with E-state index in [-0.39, 0.29) is 11.6 Å². The number of benzene rings is 2. The third-order valence-electron chi connectivity index (χ3n) is 5.62. The minimum Gasteiger partial charge on any atom is -0.332 e. The van der Waals surface area contributed by atoms with Gasteiger partial charge in [0.1, 0.15) is 11.5 Å². The van der Waals surface area contributed by atoms with Crippen molar-refractivity contribution in [3.63, 3.8) is 0 Å². The van der Waals surface area contributed by atoms with E-state index in [9.17, 15) is 14.0 Å². The van der Waals surface area contributed by atoms with Gasteiger partial charge in [0, 0.05) is 25.7 Å². The van der Waals surface area contributed by atoms with Crippen LogP contribution in [0.4, 0.5) is 4.39 Å². The number of halogens is 3. The van der Waals surface area contributed by atoms with Gasteiger partial charge in [0.2, 0.25) is 0 Å². The summed E-state index contributed by atoms with van der Waals surface area (Å²) in [5, 5.41) is 5.14. The normalized spacial score (nSPS) is 13.9. The van der Waals surface area contributed by atoms with Crippen molar-refractivity contribution in [2.75, 3.05) is 26.2 Å². The zero-order chi connectivity index (χ0) is 23.4. The summed E-state index contributed by atoms with van der Waals surface area (Å²) < 4.78 is 14.4. The van der Waals surface area contributed by atoms with Gasteiger partial charge in [-0.3, -0.25) is 9.59 Å². The van der Waals surface area contributed by atoms with Crippen LogP contribution in [0.3, 0.4) is 0 Å². The lowest BCUT2D eigenvalue weighted by Crippen LogP contribution is -2.38. The molecule has 172 valence electrons. The van der Waals surface area contributed by atoms with Gasteiger partial charge in [0.05, 0.1) is 15.7 Å². The second-order valence-electron chi connectivity index (χ2n) is 7.97. The first kappa shape index (κ1) is 23.4. The summed E-state index contributed by atoms with van der Waals surface area (Å²) in [6, 6.07) is 13.4. The summed E-state index contributed by atoms with van der Waals surface area (Å²) in [6.45, 7) is 3.59. The Hall–Kier alpha value is -2.74. The van der Waals surface area contributed by atoms with E-state index >= 15 is 0 Å². The zero-order valence-corrected chi connectivity index (χ0v) is 19.4. The lowest BCUT2D eigenvalue weighted by molar-refractivity contribution is 0.0719. The van der Waals surface area contributed by atoms with Crippen molar-refractivity contribution in [3.8, 4) is 5.69 Å². The molecule has 4 rings (SSSR count). The number of nitrogens with zero attached hydrogens (tertiary/aromatic N) is 4. The van der Waals surface area contributed by atoms with Crippen LogP contribution in [0, 0.1) is 5.82 Å². The minimum absolute atomic E-state index is 0.125. The fourth-order valence-corrected chi connectivity index (χ4v) is 4.15. The highest BCUT2D eigenvalue weighted by atomic mass is 35.5. The Morgan fingerprint density at radius 3 is 2.42 bits per heavy atom. The Morgan fingerprint density at radius 2 is 1.73 bits per heavy atom. The quantitative estimate of drug-likeness (QED) is 0.493. The molecule has 3 aromatic rings. The molecule has 0 atom stereocenters. The fraction of sp³-hybridized carbons (Fsp3) is 0.292. The molecule has 0 radical (unpaired) electrons. The first-order chi connectivity index (χ1) is 15.9. The average molecular weight is 489 g/mol. The Balaban J connectivity index is 1.61. The minimum atomic E-state index is -0.422. The van der Waals surface area contributed by atoms with Gasteiger partial charge in [-0.05, 0) is 74.0 Å². The van der Waals surface area contributed by atoms with Crippen LogP contribution in [0.25, 0.3) is 5.69 Å². The zero-order valence-electron chi connectivity index (χ0n) is 17.9. The highest BCUT2D eigenvalue weighted by molar-refractivity contribution is 6.42.